The molecule has 7 heteroatoms. The Bertz CT molecular complexity index is 1560. The van der Waals surface area contributed by atoms with Crippen LogP contribution >= 0.6 is 0 Å². The Balaban J connectivity index is 1.96. The lowest BCUT2D eigenvalue weighted by molar-refractivity contribution is 0.328. The summed E-state index contributed by atoms with van der Waals surface area (Å²) in [4.78, 5) is 27.3. The normalized spacial score (nSPS) is 12.2. The summed E-state index contributed by atoms with van der Waals surface area (Å²) in [5.41, 5.74) is 11.7. The minimum Gasteiger partial charge on any atom is -0.478 e. The number of nitrogens with two attached hydrogens (primary N) is 1. The molecular formula is C30H31N5O2. The minimum atomic E-state index is -0.193. The maximum Gasteiger partial charge on any atom is 0.265 e. The van der Waals surface area contributed by atoms with Crippen LogP contribution < -0.4 is 16.0 Å². The van der Waals surface area contributed by atoms with E-state index in [2.05, 4.69) is 23.0 Å². The summed E-state index contributed by atoms with van der Waals surface area (Å²) in [7, 11) is 1.69. The van der Waals surface area contributed by atoms with Crippen molar-refractivity contribution in [2.45, 2.75) is 27.2 Å². The maximum absolute atomic E-state index is 14.0. The van der Waals surface area contributed by atoms with E-state index in [-0.39, 0.29) is 5.56 Å². The summed E-state index contributed by atoms with van der Waals surface area (Å²) in [6.07, 6.45) is 8.21. The van der Waals surface area contributed by atoms with E-state index in [1.807, 2.05) is 62.4 Å². The van der Waals surface area contributed by atoms with Crippen LogP contribution in [0.2, 0.25) is 0 Å². The lowest BCUT2D eigenvalue weighted by Gasteiger charge is -2.14. The average Bonchev–Trinajstić information content (AvgIpc) is 2.90. The summed E-state index contributed by atoms with van der Waals surface area (Å²) in [5.74, 6) is 0.476. The van der Waals surface area contributed by atoms with Gasteiger partial charge in [0, 0.05) is 54.1 Å². The van der Waals surface area contributed by atoms with E-state index < -0.39 is 0 Å². The molecule has 0 bridgehead atoms. The SMILES string of the molecule is CC=N/C(=C\CC)c1ccc(-c2c(=O)n(-c3ccc(N)c(C=NC)c3)cc3ccc(OCC)nc23)cc1. The summed E-state index contributed by atoms with van der Waals surface area (Å²) in [6.45, 7) is 6.36. The number of aliphatic imine (C=N–C) groups is 2. The summed E-state index contributed by atoms with van der Waals surface area (Å²) in [6, 6.07) is 17.1. The van der Waals surface area contributed by atoms with Crippen molar-refractivity contribution in [2.24, 2.45) is 9.98 Å². The Kier molecular flexibility index (Phi) is 7.93. The van der Waals surface area contributed by atoms with E-state index in [1.54, 1.807) is 36.3 Å². The number of rotatable bonds is 8. The Morgan fingerprint density at radius 1 is 1.11 bits per heavy atom. The van der Waals surface area contributed by atoms with Crippen LogP contribution in [-0.2, 0) is 0 Å². The van der Waals surface area contributed by atoms with Crippen LogP contribution in [0, 0.1) is 0 Å². The molecule has 0 amide bonds. The van der Waals surface area contributed by atoms with E-state index in [4.69, 9.17) is 15.5 Å². The lowest BCUT2D eigenvalue weighted by atomic mass is 10.0. The van der Waals surface area contributed by atoms with Gasteiger partial charge in [0.25, 0.3) is 5.56 Å². The van der Waals surface area contributed by atoms with Gasteiger partial charge in [-0.15, -0.1) is 0 Å². The van der Waals surface area contributed by atoms with Gasteiger partial charge in [0.15, 0.2) is 0 Å². The van der Waals surface area contributed by atoms with Crippen LogP contribution in [-0.4, -0.2) is 35.6 Å². The van der Waals surface area contributed by atoms with E-state index in [9.17, 15) is 4.79 Å². The molecule has 0 aliphatic heterocycles. The number of anilines is 1. The number of ether oxygens (including phenoxy) is 1. The number of hydrogen-bond donors (Lipinski definition) is 1. The standard InChI is InChI=1S/C30H31N5O2/c1-5-8-26(33-6-2)20-9-11-21(12-10-20)28-29-22(13-16-27(34-29)37-7-3)19-35(30(28)36)24-14-15-25(31)23(17-24)18-32-4/h6,8-19H,5,7,31H2,1-4H3/b26-8-,32-18?,33-6?. The molecule has 4 aromatic rings. The molecule has 0 fully saturated rings. The van der Waals surface area contributed by atoms with Crippen LogP contribution in [0.3, 0.4) is 0 Å². The molecule has 188 valence electrons. The van der Waals surface area contributed by atoms with Crippen molar-refractivity contribution in [3.05, 3.63) is 88.4 Å². The van der Waals surface area contributed by atoms with Gasteiger partial charge in [-0.3, -0.25) is 19.3 Å². The van der Waals surface area contributed by atoms with Crippen molar-refractivity contribution in [2.75, 3.05) is 19.4 Å². The molecule has 0 atom stereocenters. The highest BCUT2D eigenvalue weighted by molar-refractivity contribution is 5.94. The fourth-order valence-electron chi connectivity index (χ4n) is 4.20. The zero-order chi connectivity index (χ0) is 26.4. The highest BCUT2D eigenvalue weighted by Gasteiger charge is 2.16. The zero-order valence-electron chi connectivity index (χ0n) is 21.6. The number of fused-ring (bicyclic) bond motifs is 1. The Hall–Kier alpha value is -4.52. The second-order valence-electron chi connectivity index (χ2n) is 8.36. The third kappa shape index (κ3) is 5.35. The van der Waals surface area contributed by atoms with Crippen molar-refractivity contribution in [3.63, 3.8) is 0 Å². The van der Waals surface area contributed by atoms with Gasteiger partial charge in [-0.2, -0.15) is 0 Å². The largest absolute Gasteiger partial charge is 0.478 e. The summed E-state index contributed by atoms with van der Waals surface area (Å²) >= 11 is 0. The van der Waals surface area contributed by atoms with Crippen LogP contribution in [0.15, 0.2) is 81.6 Å². The Morgan fingerprint density at radius 2 is 1.89 bits per heavy atom. The third-order valence-electron chi connectivity index (χ3n) is 5.88. The number of aromatic nitrogens is 2. The van der Waals surface area contributed by atoms with Crippen LogP contribution in [0.1, 0.15) is 38.3 Å². The molecule has 0 radical (unpaired) electrons. The predicted molar refractivity (Wildman–Crippen MR) is 154 cm³/mol. The number of nitrogen functional groups attached to an aromatic ring is 1. The molecule has 7 nitrogen and oxygen atoms in total. The molecule has 0 saturated heterocycles. The fraction of sp³-hybridized carbons (Fsp3) is 0.200. The van der Waals surface area contributed by atoms with Gasteiger partial charge in [-0.25, -0.2) is 4.98 Å². The van der Waals surface area contributed by atoms with E-state index in [0.29, 0.717) is 34.9 Å². The van der Waals surface area contributed by atoms with E-state index >= 15 is 0 Å². The first-order valence-corrected chi connectivity index (χ1v) is 12.3. The van der Waals surface area contributed by atoms with Crippen molar-refractivity contribution >= 4 is 34.7 Å². The minimum absolute atomic E-state index is 0.193. The quantitative estimate of drug-likeness (QED) is 0.243. The number of benzene rings is 2. The van der Waals surface area contributed by atoms with Crippen LogP contribution in [0.5, 0.6) is 5.88 Å². The maximum atomic E-state index is 14.0. The molecule has 2 aromatic carbocycles. The molecule has 37 heavy (non-hydrogen) atoms. The van der Waals surface area contributed by atoms with Crippen molar-refractivity contribution in [3.8, 4) is 22.7 Å². The molecule has 4 rings (SSSR count). The van der Waals surface area contributed by atoms with Gasteiger partial charge in [-0.05, 0) is 55.7 Å². The molecule has 0 unspecified atom stereocenters. The first-order chi connectivity index (χ1) is 18.0. The second-order valence-corrected chi connectivity index (χ2v) is 8.36. The van der Waals surface area contributed by atoms with Crippen molar-refractivity contribution < 1.29 is 4.74 Å². The van der Waals surface area contributed by atoms with Crippen molar-refractivity contribution in [1.29, 1.82) is 0 Å². The van der Waals surface area contributed by atoms with E-state index in [1.165, 1.54) is 0 Å². The van der Waals surface area contributed by atoms with Gasteiger partial charge in [-0.1, -0.05) is 37.3 Å². The van der Waals surface area contributed by atoms with Crippen LogP contribution in [0.25, 0.3) is 33.4 Å². The van der Waals surface area contributed by atoms with Crippen LogP contribution in [0.4, 0.5) is 5.69 Å². The predicted octanol–water partition coefficient (Wildman–Crippen LogP) is 5.92. The van der Waals surface area contributed by atoms with Gasteiger partial charge in [0.2, 0.25) is 5.88 Å². The lowest BCUT2D eigenvalue weighted by Crippen LogP contribution is -2.21. The topological polar surface area (TPSA) is 94.9 Å². The monoisotopic (exact) mass is 493 g/mol. The molecule has 0 spiro atoms. The number of pyridine rings is 2. The molecule has 2 heterocycles. The Labute approximate surface area is 216 Å². The summed E-state index contributed by atoms with van der Waals surface area (Å²) < 4.78 is 7.28. The molecule has 2 N–H and O–H groups in total. The molecule has 0 aliphatic carbocycles. The molecule has 2 aromatic heterocycles. The number of nitrogens with zero attached hydrogens (tertiary/aromatic N) is 4. The molecule has 0 saturated carbocycles. The first-order valence-electron chi connectivity index (χ1n) is 12.3. The van der Waals surface area contributed by atoms with Gasteiger partial charge in [0.05, 0.1) is 23.4 Å². The van der Waals surface area contributed by atoms with E-state index in [0.717, 1.165) is 34.2 Å². The van der Waals surface area contributed by atoms with Gasteiger partial charge < -0.3 is 10.5 Å². The zero-order valence-corrected chi connectivity index (χ0v) is 21.6. The summed E-state index contributed by atoms with van der Waals surface area (Å²) in [5, 5.41) is 0.812. The van der Waals surface area contributed by atoms with Gasteiger partial charge in [0.1, 0.15) is 0 Å². The smallest absolute Gasteiger partial charge is 0.265 e. The second kappa shape index (κ2) is 11.5. The molecule has 0 aliphatic rings. The average molecular weight is 494 g/mol. The highest BCUT2D eigenvalue weighted by atomic mass is 16.5. The molecular weight excluding hydrogens is 462 g/mol. The first kappa shape index (κ1) is 25.6. The number of hydrogen-bond acceptors (Lipinski definition) is 6. The fourth-order valence-corrected chi connectivity index (χ4v) is 4.20. The third-order valence-corrected chi connectivity index (χ3v) is 5.88. The number of allylic oxidation sites excluding steroid dienone is 1. The highest BCUT2D eigenvalue weighted by Crippen LogP contribution is 2.29. The van der Waals surface area contributed by atoms with Gasteiger partial charge >= 0.3 is 0 Å². The van der Waals surface area contributed by atoms with Crippen molar-refractivity contribution in [1.82, 2.24) is 9.55 Å². The Morgan fingerprint density at radius 3 is 2.57 bits per heavy atom.